The van der Waals surface area contributed by atoms with Crippen LogP contribution in [0.3, 0.4) is 0 Å². The van der Waals surface area contributed by atoms with E-state index in [4.69, 9.17) is 0 Å². The molecule has 2 fully saturated rings. The van der Waals surface area contributed by atoms with Crippen molar-refractivity contribution in [1.82, 2.24) is 0 Å². The summed E-state index contributed by atoms with van der Waals surface area (Å²) >= 11 is 0. The van der Waals surface area contributed by atoms with E-state index in [2.05, 4.69) is 19.1 Å². The molecule has 2 aliphatic carbocycles. The van der Waals surface area contributed by atoms with Crippen LogP contribution in [0, 0.1) is 41.0 Å². The lowest BCUT2D eigenvalue weighted by atomic mass is 9.68. The van der Waals surface area contributed by atoms with Crippen LogP contribution in [0.1, 0.15) is 114 Å². The normalized spacial score (nSPS) is 24.3. The Morgan fingerprint density at radius 3 is 1.95 bits per heavy atom. The third-order valence-electron chi connectivity index (χ3n) is 9.36. The van der Waals surface area contributed by atoms with Gasteiger partial charge in [-0.1, -0.05) is 69.0 Å². The molecule has 0 radical (unpaired) electrons. The number of allylic oxidation sites excluding steroid dienone is 2. The zero-order valence-electron chi connectivity index (χ0n) is 23.2. The van der Waals surface area contributed by atoms with E-state index in [0.29, 0.717) is 17.9 Å². The van der Waals surface area contributed by atoms with Crippen molar-refractivity contribution in [3.63, 3.8) is 0 Å². The Labute approximate surface area is 226 Å². The molecule has 38 heavy (non-hydrogen) atoms. The van der Waals surface area contributed by atoms with Crippen LogP contribution in [0.5, 0.6) is 0 Å². The summed E-state index contributed by atoms with van der Waals surface area (Å²) in [5.74, 6) is -1.74. The van der Waals surface area contributed by atoms with Crippen molar-refractivity contribution in [1.29, 1.82) is 0 Å². The Bertz CT molecular complexity index is 1070. The van der Waals surface area contributed by atoms with Crippen molar-refractivity contribution in [2.24, 2.45) is 17.8 Å². The summed E-state index contributed by atoms with van der Waals surface area (Å²) in [7, 11) is 0. The van der Waals surface area contributed by atoms with E-state index >= 15 is 8.78 Å². The lowest BCUT2D eigenvalue weighted by Gasteiger charge is -2.38. The Balaban J connectivity index is 1.37. The highest BCUT2D eigenvalue weighted by atomic mass is 19.2. The van der Waals surface area contributed by atoms with Crippen molar-refractivity contribution in [3.05, 3.63) is 70.8 Å². The molecule has 0 unspecified atom stereocenters. The average molecular weight is 529 g/mol. The van der Waals surface area contributed by atoms with E-state index in [9.17, 15) is 8.78 Å². The molecule has 0 heterocycles. The van der Waals surface area contributed by atoms with E-state index in [1.54, 1.807) is 6.07 Å². The van der Waals surface area contributed by atoms with Crippen LogP contribution in [0.15, 0.2) is 36.4 Å². The van der Waals surface area contributed by atoms with Gasteiger partial charge in [-0.15, -0.1) is 0 Å². The fourth-order valence-electron chi connectivity index (χ4n) is 6.99. The number of hydrogen-bond donors (Lipinski definition) is 0. The summed E-state index contributed by atoms with van der Waals surface area (Å²) in [6, 6.07) is 5.92. The Morgan fingerprint density at radius 2 is 1.32 bits per heavy atom. The lowest BCUT2D eigenvalue weighted by Crippen LogP contribution is -2.25. The molecule has 0 nitrogen and oxygen atoms in total. The SMILES string of the molecule is C/C=C/CCC1CCC(C2CCC(c3ccc(-c4ccc(CCCCC)c(F)c4F)c(F)c3F)CC2)CC1. The second-order valence-electron chi connectivity index (χ2n) is 11.7. The Kier molecular flexibility index (Phi) is 10.5. The first-order valence-corrected chi connectivity index (χ1v) is 15.0. The molecule has 2 aliphatic rings. The number of hydrogen-bond acceptors (Lipinski definition) is 0. The van der Waals surface area contributed by atoms with Crippen LogP contribution >= 0.6 is 0 Å². The molecule has 0 amide bonds. The van der Waals surface area contributed by atoms with Crippen molar-refractivity contribution >= 4 is 0 Å². The lowest BCUT2D eigenvalue weighted by molar-refractivity contribution is 0.156. The molecule has 4 heteroatoms. The molecule has 4 rings (SSSR count). The first-order chi connectivity index (χ1) is 18.4. The second kappa shape index (κ2) is 13.8. The molecule has 0 aromatic heterocycles. The monoisotopic (exact) mass is 528 g/mol. The molecule has 208 valence electrons. The Hall–Kier alpha value is -2.10. The maximum Gasteiger partial charge on any atom is 0.167 e. The number of benzene rings is 2. The van der Waals surface area contributed by atoms with E-state index in [1.807, 2.05) is 6.92 Å². The quantitative estimate of drug-likeness (QED) is 0.163. The fourth-order valence-corrected chi connectivity index (χ4v) is 6.99. The standard InChI is InChI=1S/C34H44F4/c1-3-5-7-9-23-11-13-24(14-12-23)25-15-17-26(18-16-25)28-21-22-30(34(38)32(28)36)29-20-19-27(10-8-6-4-2)31(35)33(29)37/h3,5,19-26H,4,6-18H2,1-2H3/b5-3+. The van der Waals surface area contributed by atoms with Crippen LogP contribution in [0.2, 0.25) is 0 Å². The maximum absolute atomic E-state index is 15.3. The van der Waals surface area contributed by atoms with Gasteiger partial charge in [0.05, 0.1) is 0 Å². The predicted molar refractivity (Wildman–Crippen MR) is 149 cm³/mol. The van der Waals surface area contributed by atoms with Crippen LogP contribution in [-0.4, -0.2) is 0 Å². The van der Waals surface area contributed by atoms with E-state index < -0.39 is 23.3 Å². The van der Waals surface area contributed by atoms with Crippen molar-refractivity contribution in [2.75, 3.05) is 0 Å². The maximum atomic E-state index is 15.3. The van der Waals surface area contributed by atoms with Crippen molar-refractivity contribution in [3.8, 4) is 11.1 Å². The third-order valence-corrected chi connectivity index (χ3v) is 9.36. The van der Waals surface area contributed by atoms with Gasteiger partial charge in [0.2, 0.25) is 0 Å². The van der Waals surface area contributed by atoms with Gasteiger partial charge in [0.1, 0.15) is 0 Å². The zero-order chi connectivity index (χ0) is 27.1. The number of halogens is 4. The van der Waals surface area contributed by atoms with Crippen LogP contribution in [-0.2, 0) is 6.42 Å². The third kappa shape index (κ3) is 6.72. The average Bonchev–Trinajstić information content (AvgIpc) is 2.94. The highest BCUT2D eigenvalue weighted by Gasteiger charge is 2.32. The van der Waals surface area contributed by atoms with E-state index in [0.717, 1.165) is 56.8 Å². The van der Waals surface area contributed by atoms with Gasteiger partial charge in [-0.05, 0) is 106 Å². The van der Waals surface area contributed by atoms with E-state index in [1.165, 1.54) is 56.7 Å². The zero-order valence-corrected chi connectivity index (χ0v) is 23.2. The van der Waals surface area contributed by atoms with Gasteiger partial charge in [0.15, 0.2) is 23.3 Å². The molecule has 2 aromatic rings. The summed E-state index contributed by atoms with van der Waals surface area (Å²) in [6.07, 6.45) is 19.1. The number of rotatable bonds is 10. The molecule has 0 N–H and O–H groups in total. The van der Waals surface area contributed by atoms with Gasteiger partial charge in [-0.25, -0.2) is 17.6 Å². The van der Waals surface area contributed by atoms with Crippen LogP contribution in [0.4, 0.5) is 17.6 Å². The molecule has 0 saturated heterocycles. The van der Waals surface area contributed by atoms with Gasteiger partial charge in [0.25, 0.3) is 0 Å². The summed E-state index contributed by atoms with van der Waals surface area (Å²) in [4.78, 5) is 0. The smallest absolute Gasteiger partial charge is 0.167 e. The first-order valence-electron chi connectivity index (χ1n) is 15.0. The van der Waals surface area contributed by atoms with Gasteiger partial charge < -0.3 is 0 Å². The van der Waals surface area contributed by atoms with Crippen LogP contribution in [0.25, 0.3) is 11.1 Å². The number of unbranched alkanes of at least 4 members (excludes halogenated alkanes) is 2. The Morgan fingerprint density at radius 1 is 0.711 bits per heavy atom. The van der Waals surface area contributed by atoms with Gasteiger partial charge in [-0.2, -0.15) is 0 Å². The highest BCUT2D eigenvalue weighted by molar-refractivity contribution is 5.66. The molecular formula is C34H44F4. The summed E-state index contributed by atoms with van der Waals surface area (Å²) in [6.45, 7) is 4.13. The molecule has 0 atom stereocenters. The largest absolute Gasteiger partial charge is 0.203 e. The van der Waals surface area contributed by atoms with Crippen molar-refractivity contribution < 1.29 is 17.6 Å². The molecule has 0 aliphatic heterocycles. The van der Waals surface area contributed by atoms with Gasteiger partial charge in [0, 0.05) is 11.1 Å². The topological polar surface area (TPSA) is 0 Å². The minimum absolute atomic E-state index is 0.0190. The summed E-state index contributed by atoms with van der Waals surface area (Å²) < 4.78 is 60.0. The molecular weight excluding hydrogens is 484 g/mol. The highest BCUT2D eigenvalue weighted by Crippen LogP contribution is 2.45. The first kappa shape index (κ1) is 28.9. The molecule has 2 aromatic carbocycles. The van der Waals surface area contributed by atoms with Gasteiger partial charge in [-0.3, -0.25) is 0 Å². The second-order valence-corrected chi connectivity index (χ2v) is 11.7. The summed E-state index contributed by atoms with van der Waals surface area (Å²) in [5.41, 5.74) is 0.253. The van der Waals surface area contributed by atoms with Gasteiger partial charge >= 0.3 is 0 Å². The van der Waals surface area contributed by atoms with E-state index in [-0.39, 0.29) is 22.6 Å². The minimum atomic E-state index is -1.10. The minimum Gasteiger partial charge on any atom is -0.203 e. The molecule has 0 bridgehead atoms. The van der Waals surface area contributed by atoms with Crippen molar-refractivity contribution in [2.45, 2.75) is 110 Å². The molecule has 2 saturated carbocycles. The number of aryl methyl sites for hydroxylation is 1. The summed E-state index contributed by atoms with van der Waals surface area (Å²) in [5, 5.41) is 0. The van der Waals surface area contributed by atoms with Crippen LogP contribution < -0.4 is 0 Å². The molecule has 0 spiro atoms. The predicted octanol–water partition coefficient (Wildman–Crippen LogP) is 11.1. The fraction of sp³-hybridized carbons (Fsp3) is 0.588.